The Balaban J connectivity index is 2.61. The van der Waals surface area contributed by atoms with E-state index in [1.165, 1.54) is 0 Å². The van der Waals surface area contributed by atoms with Crippen molar-refractivity contribution in [3.8, 4) is 0 Å². The van der Waals surface area contributed by atoms with Crippen molar-refractivity contribution >= 4 is 17.3 Å². The highest BCUT2D eigenvalue weighted by Gasteiger charge is 2.18. The Bertz CT molecular complexity index is 313. The average molecular weight is 243 g/mol. The van der Waals surface area contributed by atoms with Crippen LogP contribution in [0.15, 0.2) is 17.5 Å². The quantitative estimate of drug-likeness (QED) is 0.767. The molecule has 0 aliphatic rings. The standard InChI is InChI=1S/C11H17NO3S/c1-8(7-15-2)12-9(6-11(13)14)10-4-3-5-16-10/h3-5,8-9,12H,6-7H2,1-2H3,(H,13,14). The summed E-state index contributed by atoms with van der Waals surface area (Å²) in [5, 5.41) is 14.1. The van der Waals surface area contributed by atoms with E-state index in [1.807, 2.05) is 24.4 Å². The lowest BCUT2D eigenvalue weighted by atomic mass is 10.1. The summed E-state index contributed by atoms with van der Waals surface area (Å²) < 4.78 is 5.02. The summed E-state index contributed by atoms with van der Waals surface area (Å²) in [6.45, 7) is 2.55. The highest BCUT2D eigenvalue weighted by Crippen LogP contribution is 2.22. The summed E-state index contributed by atoms with van der Waals surface area (Å²) in [6, 6.07) is 3.88. The molecule has 2 unspecified atom stereocenters. The van der Waals surface area contributed by atoms with Crippen molar-refractivity contribution in [3.63, 3.8) is 0 Å². The first-order chi connectivity index (χ1) is 7.63. The van der Waals surface area contributed by atoms with Gasteiger partial charge in [0.25, 0.3) is 0 Å². The van der Waals surface area contributed by atoms with Crippen LogP contribution >= 0.6 is 11.3 Å². The van der Waals surface area contributed by atoms with Gasteiger partial charge in [0.2, 0.25) is 0 Å². The van der Waals surface area contributed by atoms with Crippen LogP contribution in [0, 0.1) is 0 Å². The molecular formula is C11H17NO3S. The molecule has 0 saturated carbocycles. The zero-order valence-electron chi connectivity index (χ0n) is 9.47. The summed E-state index contributed by atoms with van der Waals surface area (Å²) in [6.07, 6.45) is 0.0918. The minimum Gasteiger partial charge on any atom is -0.481 e. The van der Waals surface area contributed by atoms with Gasteiger partial charge in [-0.15, -0.1) is 11.3 Å². The maximum atomic E-state index is 10.8. The topological polar surface area (TPSA) is 58.6 Å². The lowest BCUT2D eigenvalue weighted by molar-refractivity contribution is -0.137. The monoisotopic (exact) mass is 243 g/mol. The third-order valence-corrected chi connectivity index (χ3v) is 3.15. The lowest BCUT2D eigenvalue weighted by Gasteiger charge is -2.20. The number of thiophene rings is 1. The van der Waals surface area contributed by atoms with E-state index < -0.39 is 5.97 Å². The number of carboxylic acid groups (broad SMARTS) is 1. The van der Waals surface area contributed by atoms with Crippen LogP contribution in [0.1, 0.15) is 24.3 Å². The van der Waals surface area contributed by atoms with Crippen molar-refractivity contribution in [1.82, 2.24) is 5.32 Å². The van der Waals surface area contributed by atoms with Crippen molar-refractivity contribution in [2.24, 2.45) is 0 Å². The van der Waals surface area contributed by atoms with E-state index in [2.05, 4.69) is 5.32 Å². The van der Waals surface area contributed by atoms with Crippen molar-refractivity contribution in [1.29, 1.82) is 0 Å². The number of methoxy groups -OCH3 is 1. The molecule has 0 aliphatic carbocycles. The number of carboxylic acids is 1. The van der Waals surface area contributed by atoms with E-state index in [0.717, 1.165) is 4.88 Å². The molecule has 5 heteroatoms. The minimum absolute atomic E-state index is 0.0918. The van der Waals surface area contributed by atoms with Crippen molar-refractivity contribution in [3.05, 3.63) is 22.4 Å². The molecule has 16 heavy (non-hydrogen) atoms. The Morgan fingerprint density at radius 3 is 2.94 bits per heavy atom. The second-order valence-electron chi connectivity index (χ2n) is 3.69. The van der Waals surface area contributed by atoms with Crippen LogP contribution in [0.5, 0.6) is 0 Å². The summed E-state index contributed by atoms with van der Waals surface area (Å²) in [7, 11) is 1.63. The van der Waals surface area contributed by atoms with Gasteiger partial charge >= 0.3 is 5.97 Å². The maximum Gasteiger partial charge on any atom is 0.305 e. The molecule has 1 aromatic heterocycles. The Labute approximate surface area is 99.2 Å². The Kier molecular flexibility index (Phi) is 5.45. The van der Waals surface area contributed by atoms with Gasteiger partial charge in [-0.2, -0.15) is 0 Å². The van der Waals surface area contributed by atoms with Gasteiger partial charge < -0.3 is 15.2 Å². The fourth-order valence-electron chi connectivity index (χ4n) is 1.55. The number of rotatable bonds is 7. The SMILES string of the molecule is COCC(C)NC(CC(=O)O)c1cccs1. The van der Waals surface area contributed by atoms with E-state index >= 15 is 0 Å². The van der Waals surface area contributed by atoms with Gasteiger partial charge in [0.05, 0.1) is 19.1 Å². The Hall–Kier alpha value is -0.910. The van der Waals surface area contributed by atoms with Crippen LogP contribution in [0.4, 0.5) is 0 Å². The Morgan fingerprint density at radius 1 is 1.69 bits per heavy atom. The van der Waals surface area contributed by atoms with Gasteiger partial charge in [0.15, 0.2) is 0 Å². The first-order valence-corrected chi connectivity index (χ1v) is 6.01. The van der Waals surface area contributed by atoms with E-state index in [0.29, 0.717) is 6.61 Å². The largest absolute Gasteiger partial charge is 0.481 e. The zero-order valence-corrected chi connectivity index (χ0v) is 10.3. The van der Waals surface area contributed by atoms with Crippen LogP contribution in [-0.4, -0.2) is 30.8 Å². The molecule has 0 spiro atoms. The van der Waals surface area contributed by atoms with Gasteiger partial charge in [0, 0.05) is 18.0 Å². The predicted molar refractivity (Wildman–Crippen MR) is 63.8 cm³/mol. The zero-order chi connectivity index (χ0) is 12.0. The molecule has 0 bridgehead atoms. The number of carbonyl (C=O) groups is 1. The normalized spacial score (nSPS) is 14.6. The van der Waals surface area contributed by atoms with Gasteiger partial charge in [-0.1, -0.05) is 6.07 Å². The third kappa shape index (κ3) is 4.30. The van der Waals surface area contributed by atoms with Crippen molar-refractivity contribution < 1.29 is 14.6 Å². The fraction of sp³-hybridized carbons (Fsp3) is 0.545. The lowest BCUT2D eigenvalue weighted by Crippen LogP contribution is -2.34. The molecule has 0 aliphatic heterocycles. The summed E-state index contributed by atoms with van der Waals surface area (Å²) in [5.74, 6) is -0.796. The molecule has 0 amide bonds. The molecule has 1 aromatic rings. The van der Waals surface area contributed by atoms with E-state index in [1.54, 1.807) is 18.4 Å². The number of hydrogen-bond donors (Lipinski definition) is 2. The molecule has 0 fully saturated rings. The van der Waals surface area contributed by atoms with Gasteiger partial charge in [-0.25, -0.2) is 0 Å². The number of ether oxygens (including phenoxy) is 1. The minimum atomic E-state index is -0.796. The van der Waals surface area contributed by atoms with E-state index in [4.69, 9.17) is 9.84 Å². The summed E-state index contributed by atoms with van der Waals surface area (Å²) in [5.41, 5.74) is 0. The van der Waals surface area contributed by atoms with Crippen LogP contribution in [0.2, 0.25) is 0 Å². The third-order valence-electron chi connectivity index (χ3n) is 2.17. The van der Waals surface area contributed by atoms with Crippen LogP contribution in [0.25, 0.3) is 0 Å². The molecule has 0 aromatic carbocycles. The van der Waals surface area contributed by atoms with Gasteiger partial charge in [-0.05, 0) is 18.4 Å². The highest BCUT2D eigenvalue weighted by molar-refractivity contribution is 7.10. The van der Waals surface area contributed by atoms with Gasteiger partial charge in [-0.3, -0.25) is 4.79 Å². The highest BCUT2D eigenvalue weighted by atomic mass is 32.1. The number of hydrogen-bond acceptors (Lipinski definition) is 4. The number of nitrogens with one attached hydrogen (secondary N) is 1. The summed E-state index contributed by atoms with van der Waals surface area (Å²) >= 11 is 1.57. The van der Waals surface area contributed by atoms with Gasteiger partial charge in [0.1, 0.15) is 0 Å². The molecule has 2 atom stereocenters. The number of aliphatic carboxylic acids is 1. The summed E-state index contributed by atoms with van der Waals surface area (Å²) in [4.78, 5) is 11.8. The molecule has 1 rings (SSSR count). The molecule has 4 nitrogen and oxygen atoms in total. The van der Waals surface area contributed by atoms with Crippen LogP contribution < -0.4 is 5.32 Å². The molecule has 90 valence electrons. The fourth-order valence-corrected chi connectivity index (χ4v) is 2.33. The molecule has 0 saturated heterocycles. The first kappa shape index (κ1) is 13.2. The van der Waals surface area contributed by atoms with E-state index in [-0.39, 0.29) is 18.5 Å². The second-order valence-corrected chi connectivity index (χ2v) is 4.67. The van der Waals surface area contributed by atoms with Crippen LogP contribution in [0.3, 0.4) is 0 Å². The predicted octanol–water partition coefficient (Wildman–Crippen LogP) is 1.89. The van der Waals surface area contributed by atoms with Crippen molar-refractivity contribution in [2.45, 2.75) is 25.4 Å². The first-order valence-electron chi connectivity index (χ1n) is 5.13. The second kappa shape index (κ2) is 6.62. The average Bonchev–Trinajstić information content (AvgIpc) is 2.68. The molecular weight excluding hydrogens is 226 g/mol. The molecule has 2 N–H and O–H groups in total. The van der Waals surface area contributed by atoms with Crippen molar-refractivity contribution in [2.75, 3.05) is 13.7 Å². The molecule has 1 heterocycles. The smallest absolute Gasteiger partial charge is 0.305 e. The maximum absolute atomic E-state index is 10.8. The van der Waals surface area contributed by atoms with E-state index in [9.17, 15) is 4.79 Å². The molecule has 0 radical (unpaired) electrons. The van der Waals surface area contributed by atoms with Crippen LogP contribution in [-0.2, 0) is 9.53 Å². The Morgan fingerprint density at radius 2 is 2.44 bits per heavy atom.